The first-order valence-corrected chi connectivity index (χ1v) is 7.88. The van der Waals surface area contributed by atoms with Crippen LogP contribution >= 0.6 is 0 Å². The number of ether oxygens (including phenoxy) is 1. The van der Waals surface area contributed by atoms with Crippen molar-refractivity contribution >= 4 is 17.9 Å². The highest BCUT2D eigenvalue weighted by atomic mass is 16.6. The van der Waals surface area contributed by atoms with E-state index in [2.05, 4.69) is 0 Å². The highest BCUT2D eigenvalue weighted by molar-refractivity contribution is 5.82. The van der Waals surface area contributed by atoms with Crippen molar-refractivity contribution in [2.24, 2.45) is 11.8 Å². The van der Waals surface area contributed by atoms with E-state index in [0.29, 0.717) is 31.2 Å². The van der Waals surface area contributed by atoms with Crippen molar-refractivity contribution in [3.8, 4) is 5.75 Å². The van der Waals surface area contributed by atoms with E-state index in [1.165, 1.54) is 12.1 Å². The van der Waals surface area contributed by atoms with Crippen LogP contribution in [0.3, 0.4) is 0 Å². The highest BCUT2D eigenvalue weighted by Crippen LogP contribution is 2.22. The van der Waals surface area contributed by atoms with Crippen LogP contribution < -0.4 is 4.74 Å². The zero-order valence-electron chi connectivity index (χ0n) is 14.5. The molecule has 0 bridgehead atoms. The Morgan fingerprint density at radius 1 is 1.25 bits per heavy atom. The Kier molecular flexibility index (Phi) is 7.35. The maximum Gasteiger partial charge on any atom is 0.270 e. The predicted molar refractivity (Wildman–Crippen MR) is 90.2 cm³/mol. The van der Waals surface area contributed by atoms with Crippen LogP contribution in [0.1, 0.15) is 38.1 Å². The molecular formula is C17H24N2O5. The van der Waals surface area contributed by atoms with Gasteiger partial charge in [-0.2, -0.15) is 0 Å². The minimum absolute atomic E-state index is 0.0521. The van der Waals surface area contributed by atoms with E-state index in [9.17, 15) is 19.7 Å². The third-order valence-electron chi connectivity index (χ3n) is 3.21. The number of amides is 1. The number of non-ortho nitro benzene ring substituents is 1. The van der Waals surface area contributed by atoms with E-state index >= 15 is 0 Å². The number of carbonyl (C=O) groups is 2. The summed E-state index contributed by atoms with van der Waals surface area (Å²) in [5.74, 6) is 0.654. The smallest absolute Gasteiger partial charge is 0.270 e. The van der Waals surface area contributed by atoms with Gasteiger partial charge in [-0.1, -0.05) is 27.7 Å². The molecule has 24 heavy (non-hydrogen) atoms. The lowest BCUT2D eigenvalue weighted by Gasteiger charge is -2.26. The summed E-state index contributed by atoms with van der Waals surface area (Å²) >= 11 is 0. The normalized spacial score (nSPS) is 10.8. The number of rotatable bonds is 9. The zero-order valence-corrected chi connectivity index (χ0v) is 14.5. The maximum atomic E-state index is 12.4. The number of nitro groups is 1. The van der Waals surface area contributed by atoms with E-state index in [0.717, 1.165) is 6.07 Å². The molecule has 1 amide bonds. The van der Waals surface area contributed by atoms with Crippen molar-refractivity contribution < 1.29 is 19.2 Å². The molecule has 0 saturated heterocycles. The molecular weight excluding hydrogens is 312 g/mol. The van der Waals surface area contributed by atoms with E-state index in [4.69, 9.17) is 4.74 Å². The fraction of sp³-hybridized carbons (Fsp3) is 0.529. The van der Waals surface area contributed by atoms with Gasteiger partial charge in [0.2, 0.25) is 0 Å². The Morgan fingerprint density at radius 3 is 2.29 bits per heavy atom. The van der Waals surface area contributed by atoms with E-state index in [-0.39, 0.29) is 29.5 Å². The van der Waals surface area contributed by atoms with Crippen LogP contribution in [0, 0.1) is 22.0 Å². The summed E-state index contributed by atoms with van der Waals surface area (Å²) in [5.41, 5.74) is -0.145. The molecule has 0 aliphatic rings. The summed E-state index contributed by atoms with van der Waals surface area (Å²) in [6.07, 6.45) is 0.479. The Bertz CT molecular complexity index is 589. The van der Waals surface area contributed by atoms with Gasteiger partial charge in [0.05, 0.1) is 10.5 Å². The standard InChI is InChI=1S/C17H24N2O5/c1-12(2)8-18(9-13(3)4)17(21)11-24-16-6-5-15(19(22)23)7-14(16)10-20/h5-7,10,12-13H,8-9,11H2,1-4H3. The van der Waals surface area contributed by atoms with Gasteiger partial charge in [-0.3, -0.25) is 19.7 Å². The molecule has 0 atom stereocenters. The summed E-state index contributed by atoms with van der Waals surface area (Å²) in [6.45, 7) is 9.16. The average molecular weight is 336 g/mol. The van der Waals surface area contributed by atoms with Gasteiger partial charge in [0, 0.05) is 25.2 Å². The first-order valence-electron chi connectivity index (χ1n) is 7.88. The summed E-state index contributed by atoms with van der Waals surface area (Å²) in [5, 5.41) is 10.7. The fourth-order valence-electron chi connectivity index (χ4n) is 2.26. The zero-order chi connectivity index (χ0) is 18.3. The molecule has 0 heterocycles. The number of nitro benzene ring substituents is 1. The molecule has 0 unspecified atom stereocenters. The summed E-state index contributed by atoms with van der Waals surface area (Å²) < 4.78 is 5.42. The molecule has 1 aromatic rings. The molecule has 0 fully saturated rings. The van der Waals surface area contributed by atoms with Crippen LogP contribution in [0.25, 0.3) is 0 Å². The predicted octanol–water partition coefficient (Wildman–Crippen LogP) is 2.93. The van der Waals surface area contributed by atoms with Crippen LogP contribution in [-0.4, -0.2) is 41.7 Å². The molecule has 1 aromatic carbocycles. The second-order valence-electron chi connectivity index (χ2n) is 6.47. The van der Waals surface area contributed by atoms with Gasteiger partial charge in [-0.25, -0.2) is 0 Å². The molecule has 1 rings (SSSR count). The van der Waals surface area contributed by atoms with Crippen molar-refractivity contribution in [1.29, 1.82) is 0 Å². The van der Waals surface area contributed by atoms with Gasteiger partial charge in [0.25, 0.3) is 11.6 Å². The molecule has 0 aliphatic carbocycles. The van der Waals surface area contributed by atoms with Crippen molar-refractivity contribution in [2.45, 2.75) is 27.7 Å². The molecule has 132 valence electrons. The molecule has 0 spiro atoms. The lowest BCUT2D eigenvalue weighted by atomic mass is 10.1. The second-order valence-corrected chi connectivity index (χ2v) is 6.47. The summed E-state index contributed by atoms with van der Waals surface area (Å²) in [4.78, 5) is 35.3. The van der Waals surface area contributed by atoms with Crippen molar-refractivity contribution in [2.75, 3.05) is 19.7 Å². The van der Waals surface area contributed by atoms with Gasteiger partial charge < -0.3 is 9.64 Å². The van der Waals surface area contributed by atoms with Crippen molar-refractivity contribution in [3.63, 3.8) is 0 Å². The van der Waals surface area contributed by atoms with Crippen LogP contribution in [0.5, 0.6) is 5.75 Å². The Morgan fingerprint density at radius 2 is 1.83 bits per heavy atom. The van der Waals surface area contributed by atoms with Crippen LogP contribution in [-0.2, 0) is 4.79 Å². The number of carbonyl (C=O) groups excluding carboxylic acids is 2. The van der Waals surface area contributed by atoms with Crippen molar-refractivity contribution in [1.82, 2.24) is 4.90 Å². The highest BCUT2D eigenvalue weighted by Gasteiger charge is 2.18. The minimum Gasteiger partial charge on any atom is -0.483 e. The molecule has 0 saturated carbocycles. The average Bonchev–Trinajstić information content (AvgIpc) is 2.50. The third-order valence-corrected chi connectivity index (χ3v) is 3.21. The number of aldehydes is 1. The quantitative estimate of drug-likeness (QED) is 0.393. The number of hydrogen-bond donors (Lipinski definition) is 0. The molecule has 7 nitrogen and oxygen atoms in total. The molecule has 0 radical (unpaired) electrons. The van der Waals surface area contributed by atoms with Crippen LogP contribution in [0.2, 0.25) is 0 Å². The number of benzene rings is 1. The Labute approximate surface area is 141 Å². The largest absolute Gasteiger partial charge is 0.483 e. The molecule has 0 N–H and O–H groups in total. The van der Waals surface area contributed by atoms with Crippen molar-refractivity contribution in [3.05, 3.63) is 33.9 Å². The number of hydrogen-bond acceptors (Lipinski definition) is 5. The Hall–Kier alpha value is -2.44. The molecule has 0 aliphatic heterocycles. The van der Waals surface area contributed by atoms with Crippen LogP contribution in [0.15, 0.2) is 18.2 Å². The van der Waals surface area contributed by atoms with E-state index < -0.39 is 4.92 Å². The molecule has 7 heteroatoms. The lowest BCUT2D eigenvalue weighted by molar-refractivity contribution is -0.384. The molecule has 0 aromatic heterocycles. The third kappa shape index (κ3) is 5.98. The fourth-order valence-corrected chi connectivity index (χ4v) is 2.26. The van der Waals surface area contributed by atoms with E-state index in [1.54, 1.807) is 4.90 Å². The van der Waals surface area contributed by atoms with E-state index in [1.807, 2.05) is 27.7 Å². The maximum absolute atomic E-state index is 12.4. The van der Waals surface area contributed by atoms with Gasteiger partial charge in [-0.15, -0.1) is 0 Å². The van der Waals surface area contributed by atoms with Gasteiger partial charge in [-0.05, 0) is 17.9 Å². The van der Waals surface area contributed by atoms with Gasteiger partial charge in [0.15, 0.2) is 12.9 Å². The van der Waals surface area contributed by atoms with Gasteiger partial charge in [0.1, 0.15) is 5.75 Å². The first kappa shape index (κ1) is 19.6. The Balaban J connectivity index is 2.80. The SMILES string of the molecule is CC(C)CN(CC(C)C)C(=O)COc1ccc([N+](=O)[O-])cc1C=O. The number of nitrogens with zero attached hydrogens (tertiary/aromatic N) is 2. The summed E-state index contributed by atoms with van der Waals surface area (Å²) in [7, 11) is 0. The lowest BCUT2D eigenvalue weighted by Crippen LogP contribution is -2.39. The minimum atomic E-state index is -0.588. The van der Waals surface area contributed by atoms with Gasteiger partial charge >= 0.3 is 0 Å². The van der Waals surface area contributed by atoms with Crippen LogP contribution in [0.4, 0.5) is 5.69 Å². The summed E-state index contributed by atoms with van der Waals surface area (Å²) in [6, 6.07) is 3.71. The second kappa shape index (κ2) is 9.00. The monoisotopic (exact) mass is 336 g/mol. The topological polar surface area (TPSA) is 89.8 Å². The first-order chi connectivity index (χ1) is 11.2.